The first-order chi connectivity index (χ1) is 9.63. The van der Waals surface area contributed by atoms with Gasteiger partial charge in [-0.05, 0) is 69.7 Å². The number of nitrogens with one attached hydrogen (secondary N) is 1. The van der Waals surface area contributed by atoms with Crippen molar-refractivity contribution in [2.24, 2.45) is 5.41 Å². The zero-order chi connectivity index (χ0) is 16.1. The van der Waals surface area contributed by atoms with Gasteiger partial charge in [0.25, 0.3) is 0 Å². The van der Waals surface area contributed by atoms with Crippen LogP contribution in [0.4, 0.5) is 0 Å². The molecule has 1 aromatic carbocycles. The van der Waals surface area contributed by atoms with Crippen molar-refractivity contribution in [2.45, 2.75) is 59.4 Å². The van der Waals surface area contributed by atoms with Gasteiger partial charge in [0.1, 0.15) is 5.75 Å². The van der Waals surface area contributed by atoms with Crippen molar-refractivity contribution in [3.8, 4) is 5.75 Å². The molecule has 0 aliphatic rings. The van der Waals surface area contributed by atoms with Gasteiger partial charge >= 0.3 is 0 Å². The molecule has 0 atom stereocenters. The number of hydrogen-bond acceptors (Lipinski definition) is 2. The van der Waals surface area contributed by atoms with Crippen molar-refractivity contribution in [2.75, 3.05) is 13.7 Å². The molecule has 3 heteroatoms. The molecule has 0 unspecified atom stereocenters. The molecular weight excluding hydrogens is 326 g/mol. The smallest absolute Gasteiger partial charge is 0.120 e. The highest BCUT2D eigenvalue weighted by Crippen LogP contribution is 2.30. The van der Waals surface area contributed by atoms with Gasteiger partial charge in [-0.2, -0.15) is 0 Å². The standard InChI is InChI=1S/C18H30BrNO/c1-17(2,3)20-12-11-18(4,5)10-9-14-7-8-15(21-6)13-16(14)19/h7-8,13,20H,9-12H2,1-6H3. The summed E-state index contributed by atoms with van der Waals surface area (Å²) in [5, 5.41) is 3.58. The molecule has 1 rings (SSSR count). The monoisotopic (exact) mass is 355 g/mol. The zero-order valence-corrected chi connectivity index (χ0v) is 15.9. The number of ether oxygens (including phenoxy) is 1. The number of hydrogen-bond donors (Lipinski definition) is 1. The third-order valence-electron chi connectivity index (χ3n) is 3.79. The van der Waals surface area contributed by atoms with E-state index in [4.69, 9.17) is 4.74 Å². The number of aryl methyl sites for hydroxylation is 1. The van der Waals surface area contributed by atoms with Crippen LogP contribution in [-0.2, 0) is 6.42 Å². The summed E-state index contributed by atoms with van der Waals surface area (Å²) < 4.78 is 6.39. The lowest BCUT2D eigenvalue weighted by Crippen LogP contribution is -2.38. The molecule has 0 amide bonds. The van der Waals surface area contributed by atoms with Crippen molar-refractivity contribution in [1.82, 2.24) is 5.32 Å². The van der Waals surface area contributed by atoms with Crippen LogP contribution in [0.15, 0.2) is 22.7 Å². The van der Waals surface area contributed by atoms with Crippen LogP contribution in [0.1, 0.15) is 53.0 Å². The lowest BCUT2D eigenvalue weighted by molar-refractivity contribution is 0.284. The van der Waals surface area contributed by atoms with Crippen molar-refractivity contribution in [1.29, 1.82) is 0 Å². The largest absolute Gasteiger partial charge is 0.497 e. The van der Waals surface area contributed by atoms with Crippen molar-refractivity contribution in [3.05, 3.63) is 28.2 Å². The van der Waals surface area contributed by atoms with E-state index in [2.05, 4.69) is 61.9 Å². The zero-order valence-electron chi connectivity index (χ0n) is 14.3. The Morgan fingerprint density at radius 2 is 1.76 bits per heavy atom. The highest BCUT2D eigenvalue weighted by molar-refractivity contribution is 9.10. The second kappa shape index (κ2) is 7.64. The minimum absolute atomic E-state index is 0.203. The Hall–Kier alpha value is -0.540. The van der Waals surface area contributed by atoms with E-state index in [1.165, 1.54) is 18.4 Å². The van der Waals surface area contributed by atoms with Crippen molar-refractivity contribution >= 4 is 15.9 Å². The molecule has 2 nitrogen and oxygen atoms in total. The number of benzene rings is 1. The number of methoxy groups -OCH3 is 1. The third-order valence-corrected chi connectivity index (χ3v) is 4.53. The van der Waals surface area contributed by atoms with Crippen LogP contribution < -0.4 is 10.1 Å². The molecule has 1 aromatic rings. The molecule has 21 heavy (non-hydrogen) atoms. The molecule has 0 heterocycles. The summed E-state index contributed by atoms with van der Waals surface area (Å²) >= 11 is 3.64. The van der Waals surface area contributed by atoms with Gasteiger partial charge in [-0.3, -0.25) is 0 Å². The first kappa shape index (κ1) is 18.5. The van der Waals surface area contributed by atoms with Crippen LogP contribution in [0.3, 0.4) is 0 Å². The van der Waals surface area contributed by atoms with Crippen LogP contribution in [-0.4, -0.2) is 19.2 Å². The fourth-order valence-corrected chi connectivity index (χ4v) is 2.79. The minimum Gasteiger partial charge on any atom is -0.497 e. The topological polar surface area (TPSA) is 21.3 Å². The molecule has 0 fully saturated rings. The van der Waals surface area contributed by atoms with E-state index >= 15 is 0 Å². The second-order valence-electron chi connectivity index (χ2n) is 7.55. The van der Waals surface area contributed by atoms with E-state index in [0.29, 0.717) is 5.41 Å². The molecule has 0 bridgehead atoms. The summed E-state index contributed by atoms with van der Waals surface area (Å²) in [5.74, 6) is 0.902. The van der Waals surface area contributed by atoms with E-state index in [-0.39, 0.29) is 5.54 Å². The van der Waals surface area contributed by atoms with Gasteiger partial charge in [0.05, 0.1) is 7.11 Å². The van der Waals surface area contributed by atoms with E-state index in [1.807, 2.05) is 12.1 Å². The Bertz CT molecular complexity index is 449. The molecule has 0 spiro atoms. The lowest BCUT2D eigenvalue weighted by Gasteiger charge is -2.28. The Labute approximate surface area is 138 Å². The predicted octanol–water partition coefficient (Wildman–Crippen LogP) is 5.19. The number of rotatable bonds is 7. The maximum absolute atomic E-state index is 5.24. The van der Waals surface area contributed by atoms with E-state index < -0.39 is 0 Å². The van der Waals surface area contributed by atoms with Gasteiger partial charge in [-0.15, -0.1) is 0 Å². The van der Waals surface area contributed by atoms with E-state index in [1.54, 1.807) is 7.11 Å². The Balaban J connectivity index is 2.49. The van der Waals surface area contributed by atoms with Crippen molar-refractivity contribution < 1.29 is 4.74 Å². The average molecular weight is 356 g/mol. The highest BCUT2D eigenvalue weighted by atomic mass is 79.9. The summed E-state index contributed by atoms with van der Waals surface area (Å²) in [6.45, 7) is 12.4. The molecule has 0 radical (unpaired) electrons. The first-order valence-electron chi connectivity index (χ1n) is 7.70. The van der Waals surface area contributed by atoms with E-state index in [0.717, 1.165) is 23.2 Å². The van der Waals surface area contributed by atoms with Gasteiger partial charge in [-0.25, -0.2) is 0 Å². The maximum Gasteiger partial charge on any atom is 0.120 e. The summed E-state index contributed by atoms with van der Waals surface area (Å²) in [4.78, 5) is 0. The second-order valence-corrected chi connectivity index (χ2v) is 8.40. The molecule has 120 valence electrons. The van der Waals surface area contributed by atoms with Crippen LogP contribution >= 0.6 is 15.9 Å². The Morgan fingerprint density at radius 1 is 1.10 bits per heavy atom. The lowest BCUT2D eigenvalue weighted by atomic mass is 9.83. The van der Waals surface area contributed by atoms with Gasteiger partial charge in [0, 0.05) is 10.0 Å². The molecule has 0 saturated heterocycles. The van der Waals surface area contributed by atoms with Gasteiger partial charge in [0.2, 0.25) is 0 Å². The average Bonchev–Trinajstić information content (AvgIpc) is 2.35. The summed E-state index contributed by atoms with van der Waals surface area (Å²) in [6.07, 6.45) is 3.47. The van der Waals surface area contributed by atoms with Gasteiger partial charge in [-0.1, -0.05) is 35.8 Å². The fraction of sp³-hybridized carbons (Fsp3) is 0.667. The quantitative estimate of drug-likeness (QED) is 0.725. The first-order valence-corrected chi connectivity index (χ1v) is 8.50. The van der Waals surface area contributed by atoms with Crippen molar-refractivity contribution in [3.63, 3.8) is 0 Å². The maximum atomic E-state index is 5.24. The van der Waals surface area contributed by atoms with Crippen LogP contribution in [0.2, 0.25) is 0 Å². The van der Waals surface area contributed by atoms with Gasteiger partial charge in [0.15, 0.2) is 0 Å². The van der Waals surface area contributed by atoms with Crippen LogP contribution in [0.25, 0.3) is 0 Å². The normalized spacial score (nSPS) is 12.5. The molecule has 1 N–H and O–H groups in total. The minimum atomic E-state index is 0.203. The molecule has 0 aliphatic carbocycles. The molecule has 0 aliphatic heterocycles. The van der Waals surface area contributed by atoms with Gasteiger partial charge < -0.3 is 10.1 Å². The summed E-state index contributed by atoms with van der Waals surface area (Å²) in [5.41, 5.74) is 1.90. The SMILES string of the molecule is COc1ccc(CCC(C)(C)CCNC(C)(C)C)c(Br)c1. The highest BCUT2D eigenvalue weighted by Gasteiger charge is 2.19. The summed E-state index contributed by atoms with van der Waals surface area (Å²) in [7, 11) is 1.70. The Morgan fingerprint density at radius 3 is 2.29 bits per heavy atom. The third kappa shape index (κ3) is 7.32. The number of halogens is 1. The molecule has 0 aromatic heterocycles. The fourth-order valence-electron chi connectivity index (χ4n) is 2.23. The molecular formula is C18H30BrNO. The Kier molecular flexibility index (Phi) is 6.73. The summed E-state index contributed by atoms with van der Waals surface area (Å²) in [6, 6.07) is 6.24. The molecule has 0 saturated carbocycles. The predicted molar refractivity (Wildman–Crippen MR) is 95.2 cm³/mol. The van der Waals surface area contributed by atoms with Crippen LogP contribution in [0.5, 0.6) is 5.75 Å². The van der Waals surface area contributed by atoms with Crippen LogP contribution in [0, 0.1) is 5.41 Å². The van der Waals surface area contributed by atoms with E-state index in [9.17, 15) is 0 Å².